The summed E-state index contributed by atoms with van der Waals surface area (Å²) >= 11 is 0. The Kier molecular flexibility index (Phi) is 4.71. The van der Waals surface area contributed by atoms with Crippen LogP contribution in [0.1, 0.15) is 37.0 Å². The zero-order valence-corrected chi connectivity index (χ0v) is 10.5. The molecule has 0 bridgehead atoms. The second-order valence-corrected chi connectivity index (χ2v) is 4.24. The third-order valence-corrected chi connectivity index (χ3v) is 2.26. The Balaban J connectivity index is 2.77. The van der Waals surface area contributed by atoms with Gasteiger partial charge in [-0.15, -0.1) is 0 Å². The van der Waals surface area contributed by atoms with Crippen LogP contribution in [0.15, 0.2) is 18.2 Å². The first-order valence-electron chi connectivity index (χ1n) is 5.71. The van der Waals surface area contributed by atoms with Gasteiger partial charge in [0.25, 0.3) is 0 Å². The van der Waals surface area contributed by atoms with Crippen molar-refractivity contribution in [1.82, 2.24) is 0 Å². The highest BCUT2D eigenvalue weighted by Gasteiger charge is 2.11. The van der Waals surface area contributed by atoms with Crippen LogP contribution in [0.25, 0.3) is 0 Å². The molecule has 0 aliphatic carbocycles. The highest BCUT2D eigenvalue weighted by molar-refractivity contribution is 5.98. The van der Waals surface area contributed by atoms with Gasteiger partial charge in [0.2, 0.25) is 0 Å². The Morgan fingerprint density at radius 1 is 1.33 bits per heavy atom. The van der Waals surface area contributed by atoms with Gasteiger partial charge in [-0.2, -0.15) is 0 Å². The lowest BCUT2D eigenvalue weighted by Crippen LogP contribution is -2.09. The first-order chi connectivity index (χ1) is 8.40. The minimum Gasteiger partial charge on any atom is -0.489 e. The number of ether oxygens (including phenoxy) is 1. The third-order valence-electron chi connectivity index (χ3n) is 2.26. The Hall–Kier alpha value is -2.04. The molecule has 98 valence electrons. The monoisotopic (exact) mass is 251 g/mol. The van der Waals surface area contributed by atoms with Crippen molar-refractivity contribution in [3.05, 3.63) is 23.8 Å². The Labute approximate surface area is 106 Å². The molecule has 0 atom stereocenters. The molecule has 18 heavy (non-hydrogen) atoms. The van der Waals surface area contributed by atoms with Gasteiger partial charge in [-0.25, -0.2) is 0 Å². The largest absolute Gasteiger partial charge is 0.489 e. The summed E-state index contributed by atoms with van der Waals surface area (Å²) < 4.78 is 5.45. The van der Waals surface area contributed by atoms with Gasteiger partial charge < -0.3 is 15.6 Å². The predicted octanol–water partition coefficient (Wildman–Crippen LogP) is 2.10. The number of carboxylic acid groups (broad SMARTS) is 1. The van der Waals surface area contributed by atoms with E-state index in [1.165, 1.54) is 6.07 Å². The quantitative estimate of drug-likeness (QED) is 0.597. The number of hydrogen-bond acceptors (Lipinski definition) is 4. The fourth-order valence-corrected chi connectivity index (χ4v) is 1.45. The predicted molar refractivity (Wildman–Crippen MR) is 67.8 cm³/mol. The molecule has 5 nitrogen and oxygen atoms in total. The van der Waals surface area contributed by atoms with E-state index >= 15 is 0 Å². The second-order valence-electron chi connectivity index (χ2n) is 4.24. The summed E-state index contributed by atoms with van der Waals surface area (Å²) in [5.74, 6) is -0.698. The summed E-state index contributed by atoms with van der Waals surface area (Å²) in [6.45, 7) is 3.76. The highest BCUT2D eigenvalue weighted by atomic mass is 16.5. The molecule has 0 aliphatic heterocycles. The molecule has 0 spiro atoms. The summed E-state index contributed by atoms with van der Waals surface area (Å²) in [6, 6.07) is 4.74. The van der Waals surface area contributed by atoms with E-state index in [2.05, 4.69) is 0 Å². The molecule has 0 saturated heterocycles. The zero-order valence-electron chi connectivity index (χ0n) is 10.5. The van der Waals surface area contributed by atoms with Crippen molar-refractivity contribution in [2.24, 2.45) is 0 Å². The average molecular weight is 251 g/mol. The number of nitrogens with two attached hydrogens (primary N) is 1. The minimum atomic E-state index is -0.990. The van der Waals surface area contributed by atoms with E-state index in [0.29, 0.717) is 17.0 Å². The minimum absolute atomic E-state index is 0.000798. The maximum Gasteiger partial charge on any atom is 0.303 e. The first kappa shape index (κ1) is 14.0. The average Bonchev–Trinajstić information content (AvgIpc) is 2.28. The molecule has 0 aliphatic rings. The molecule has 0 saturated carbocycles. The normalized spacial score (nSPS) is 10.4. The number of carbonyl (C=O) groups is 2. The smallest absolute Gasteiger partial charge is 0.303 e. The van der Waals surface area contributed by atoms with E-state index in [1.54, 1.807) is 12.1 Å². The van der Waals surface area contributed by atoms with Gasteiger partial charge in [0.15, 0.2) is 5.78 Å². The lowest BCUT2D eigenvalue weighted by molar-refractivity contribution is -0.136. The van der Waals surface area contributed by atoms with Crippen LogP contribution in [0.4, 0.5) is 5.69 Å². The molecule has 0 heterocycles. The van der Waals surface area contributed by atoms with Gasteiger partial charge in [-0.05, 0) is 32.0 Å². The number of rotatable bonds is 6. The van der Waals surface area contributed by atoms with Gasteiger partial charge in [0.1, 0.15) is 5.75 Å². The Morgan fingerprint density at radius 3 is 2.50 bits per heavy atom. The number of Topliss-reactive ketones (excluding diaryl/α,β-unsaturated/α-hetero) is 1. The van der Waals surface area contributed by atoms with Gasteiger partial charge in [0.05, 0.1) is 18.2 Å². The van der Waals surface area contributed by atoms with Gasteiger partial charge in [-0.1, -0.05) is 0 Å². The molecular formula is C13H17NO4. The molecule has 1 aromatic rings. The SMILES string of the molecule is CC(C)Oc1ccc(C(=O)CCC(=O)O)cc1N. The van der Waals surface area contributed by atoms with Crippen molar-refractivity contribution in [2.45, 2.75) is 32.8 Å². The molecule has 3 N–H and O–H groups in total. The Morgan fingerprint density at radius 2 is 2.00 bits per heavy atom. The van der Waals surface area contributed by atoms with Crippen LogP contribution in [-0.2, 0) is 4.79 Å². The van der Waals surface area contributed by atoms with E-state index in [-0.39, 0.29) is 24.7 Å². The summed E-state index contributed by atoms with van der Waals surface area (Å²) in [5.41, 5.74) is 6.56. The van der Waals surface area contributed by atoms with Crippen LogP contribution in [0.2, 0.25) is 0 Å². The van der Waals surface area contributed by atoms with E-state index < -0.39 is 5.97 Å². The summed E-state index contributed by atoms with van der Waals surface area (Å²) in [6.07, 6.45) is -0.205. The third kappa shape index (κ3) is 4.08. The van der Waals surface area contributed by atoms with Crippen molar-refractivity contribution in [1.29, 1.82) is 0 Å². The zero-order chi connectivity index (χ0) is 13.7. The van der Waals surface area contributed by atoms with Gasteiger partial charge in [-0.3, -0.25) is 9.59 Å². The molecule has 0 unspecified atom stereocenters. The van der Waals surface area contributed by atoms with Crippen LogP contribution >= 0.6 is 0 Å². The van der Waals surface area contributed by atoms with Crippen LogP contribution < -0.4 is 10.5 Å². The van der Waals surface area contributed by atoms with E-state index in [4.69, 9.17) is 15.6 Å². The molecule has 1 aromatic carbocycles. The van der Waals surface area contributed by atoms with Crippen LogP contribution in [-0.4, -0.2) is 23.0 Å². The highest BCUT2D eigenvalue weighted by Crippen LogP contribution is 2.24. The van der Waals surface area contributed by atoms with Crippen LogP contribution in [0, 0.1) is 0 Å². The van der Waals surface area contributed by atoms with Crippen molar-refractivity contribution < 1.29 is 19.4 Å². The number of carboxylic acids is 1. The van der Waals surface area contributed by atoms with Crippen molar-refractivity contribution in [3.63, 3.8) is 0 Å². The first-order valence-corrected chi connectivity index (χ1v) is 5.71. The lowest BCUT2D eigenvalue weighted by Gasteiger charge is -2.12. The Bertz CT molecular complexity index is 454. The number of hydrogen-bond donors (Lipinski definition) is 2. The summed E-state index contributed by atoms with van der Waals surface area (Å²) in [7, 11) is 0. The number of benzene rings is 1. The topological polar surface area (TPSA) is 89.6 Å². The fourth-order valence-electron chi connectivity index (χ4n) is 1.45. The number of aliphatic carboxylic acids is 1. The van der Waals surface area contributed by atoms with Crippen molar-refractivity contribution in [2.75, 3.05) is 5.73 Å². The van der Waals surface area contributed by atoms with Gasteiger partial charge >= 0.3 is 5.97 Å². The fraction of sp³-hybridized carbons (Fsp3) is 0.385. The molecule has 1 rings (SSSR count). The second kappa shape index (κ2) is 6.05. The van der Waals surface area contributed by atoms with Gasteiger partial charge in [0, 0.05) is 12.0 Å². The summed E-state index contributed by atoms with van der Waals surface area (Å²) in [5, 5.41) is 8.51. The van der Waals surface area contributed by atoms with E-state index in [9.17, 15) is 9.59 Å². The number of anilines is 1. The standard InChI is InChI=1S/C13H17NO4/c1-8(2)18-12-5-3-9(7-10(12)14)11(15)4-6-13(16)17/h3,5,7-8H,4,6,14H2,1-2H3,(H,16,17). The van der Waals surface area contributed by atoms with Crippen molar-refractivity contribution >= 4 is 17.4 Å². The lowest BCUT2D eigenvalue weighted by atomic mass is 10.1. The molecule has 0 fully saturated rings. The number of nitrogen functional groups attached to an aromatic ring is 1. The molecular weight excluding hydrogens is 234 g/mol. The maximum atomic E-state index is 11.7. The molecule has 0 amide bonds. The molecule has 0 aromatic heterocycles. The molecule has 5 heteroatoms. The number of carbonyl (C=O) groups excluding carboxylic acids is 1. The molecule has 0 radical (unpaired) electrons. The van der Waals surface area contributed by atoms with E-state index in [1.807, 2.05) is 13.8 Å². The summed E-state index contributed by atoms with van der Waals surface area (Å²) in [4.78, 5) is 22.1. The van der Waals surface area contributed by atoms with Crippen LogP contribution in [0.5, 0.6) is 5.75 Å². The van der Waals surface area contributed by atoms with Crippen molar-refractivity contribution in [3.8, 4) is 5.75 Å². The van der Waals surface area contributed by atoms with Crippen LogP contribution in [0.3, 0.4) is 0 Å². The maximum absolute atomic E-state index is 11.7. The van der Waals surface area contributed by atoms with E-state index in [0.717, 1.165) is 0 Å². The number of ketones is 1.